The Kier molecular flexibility index (Phi) is 9.63. The fourth-order valence-electron chi connectivity index (χ4n) is 3.69. The Morgan fingerprint density at radius 2 is 2.03 bits per heavy atom. The number of nitrogens with one attached hydrogen (secondary N) is 2. The molecule has 30 heavy (non-hydrogen) atoms. The van der Waals surface area contributed by atoms with Gasteiger partial charge in [0.1, 0.15) is 5.75 Å². The minimum atomic E-state index is -0.282. The van der Waals surface area contributed by atoms with Crippen LogP contribution in [0.1, 0.15) is 19.3 Å². The molecule has 2 aliphatic rings. The number of anilines is 1. The fourth-order valence-corrected chi connectivity index (χ4v) is 3.69. The second kappa shape index (κ2) is 11.9. The second-order valence-electron chi connectivity index (χ2n) is 7.32. The van der Waals surface area contributed by atoms with E-state index in [9.17, 15) is 9.59 Å². The van der Waals surface area contributed by atoms with Gasteiger partial charge in [0, 0.05) is 39.3 Å². The molecular weight excluding hydrogens is 499 g/mol. The van der Waals surface area contributed by atoms with E-state index in [0.717, 1.165) is 49.7 Å². The fraction of sp³-hybridized carbons (Fsp3) is 0.550. The van der Waals surface area contributed by atoms with Crippen LogP contribution in [0.3, 0.4) is 0 Å². The summed E-state index contributed by atoms with van der Waals surface area (Å²) in [4.78, 5) is 31.4. The molecule has 0 aliphatic carbocycles. The normalized spacial score (nSPS) is 17.6. The van der Waals surface area contributed by atoms with Gasteiger partial charge >= 0.3 is 0 Å². The topological polar surface area (TPSA) is 112 Å². The highest BCUT2D eigenvalue weighted by molar-refractivity contribution is 14.0. The summed E-state index contributed by atoms with van der Waals surface area (Å²) >= 11 is 0. The van der Waals surface area contributed by atoms with Crippen molar-refractivity contribution in [3.63, 3.8) is 0 Å². The monoisotopic (exact) mass is 530 g/mol. The standard InChI is InChI=1S/C20H30N6O3.HI/c1-22-20(24-15-7-11-25(12-8-15)13-18(21)27)23-9-4-10-26-16-5-2-3-6-17(16)29-14-19(26)28;/h2-3,5-6,15H,4,7-14H2,1H3,(H2,21,27)(H2,22,23,24);1H. The second-order valence-corrected chi connectivity index (χ2v) is 7.32. The van der Waals surface area contributed by atoms with Crippen molar-refractivity contribution in [2.75, 3.05) is 51.3 Å². The molecule has 0 bridgehead atoms. The smallest absolute Gasteiger partial charge is 0.265 e. The molecule has 1 saturated heterocycles. The highest BCUT2D eigenvalue weighted by Gasteiger charge is 2.24. The Balaban J connectivity index is 0.00000320. The maximum atomic E-state index is 12.2. The van der Waals surface area contributed by atoms with Crippen LogP contribution in [0.25, 0.3) is 0 Å². The van der Waals surface area contributed by atoms with Crippen molar-refractivity contribution in [3.8, 4) is 5.75 Å². The molecule has 9 nitrogen and oxygen atoms in total. The third kappa shape index (κ3) is 6.73. The largest absolute Gasteiger partial charge is 0.482 e. The molecule has 0 atom stereocenters. The van der Waals surface area contributed by atoms with Crippen molar-refractivity contribution in [1.29, 1.82) is 0 Å². The molecule has 0 unspecified atom stereocenters. The minimum absolute atomic E-state index is 0. The number of halogens is 1. The molecule has 166 valence electrons. The molecule has 2 heterocycles. The molecule has 0 saturated carbocycles. The first-order chi connectivity index (χ1) is 14.1. The van der Waals surface area contributed by atoms with Crippen LogP contribution in [0.2, 0.25) is 0 Å². The summed E-state index contributed by atoms with van der Waals surface area (Å²) < 4.78 is 5.48. The number of aliphatic imine (C=N–C) groups is 1. The van der Waals surface area contributed by atoms with E-state index >= 15 is 0 Å². The van der Waals surface area contributed by atoms with E-state index in [1.165, 1.54) is 0 Å². The van der Waals surface area contributed by atoms with Crippen molar-refractivity contribution in [1.82, 2.24) is 15.5 Å². The molecule has 2 aliphatic heterocycles. The van der Waals surface area contributed by atoms with E-state index < -0.39 is 0 Å². The van der Waals surface area contributed by atoms with Gasteiger partial charge in [0.2, 0.25) is 5.91 Å². The number of hydrogen-bond donors (Lipinski definition) is 3. The van der Waals surface area contributed by atoms with Gasteiger partial charge in [0.25, 0.3) is 5.91 Å². The lowest BCUT2D eigenvalue weighted by Crippen LogP contribution is -2.50. The van der Waals surface area contributed by atoms with Crippen LogP contribution in [0, 0.1) is 0 Å². The van der Waals surface area contributed by atoms with Crippen molar-refractivity contribution >= 4 is 47.4 Å². The third-order valence-electron chi connectivity index (χ3n) is 5.19. The number of para-hydroxylation sites is 2. The number of nitrogens with two attached hydrogens (primary N) is 1. The lowest BCUT2D eigenvalue weighted by molar-refractivity contribution is -0.121. The van der Waals surface area contributed by atoms with E-state index in [4.69, 9.17) is 10.5 Å². The molecular formula is C20H31IN6O3. The number of hydrogen-bond acceptors (Lipinski definition) is 5. The van der Waals surface area contributed by atoms with E-state index in [1.807, 2.05) is 24.3 Å². The van der Waals surface area contributed by atoms with E-state index in [1.54, 1.807) is 11.9 Å². The van der Waals surface area contributed by atoms with Gasteiger partial charge in [-0.25, -0.2) is 0 Å². The average Bonchev–Trinajstić information content (AvgIpc) is 2.72. The van der Waals surface area contributed by atoms with Crippen LogP contribution in [0.15, 0.2) is 29.3 Å². The number of carbonyl (C=O) groups is 2. The Morgan fingerprint density at radius 3 is 2.73 bits per heavy atom. The van der Waals surface area contributed by atoms with Crippen molar-refractivity contribution in [3.05, 3.63) is 24.3 Å². The van der Waals surface area contributed by atoms with Crippen LogP contribution < -0.4 is 26.0 Å². The van der Waals surface area contributed by atoms with Crippen LogP contribution in [0.4, 0.5) is 5.69 Å². The van der Waals surface area contributed by atoms with E-state index in [0.29, 0.717) is 25.7 Å². The molecule has 0 aromatic heterocycles. The zero-order valence-electron chi connectivity index (χ0n) is 17.3. The Morgan fingerprint density at radius 1 is 1.30 bits per heavy atom. The number of nitrogens with zero attached hydrogens (tertiary/aromatic N) is 3. The number of piperidine rings is 1. The van der Waals surface area contributed by atoms with Gasteiger partial charge in [-0.05, 0) is 31.4 Å². The summed E-state index contributed by atoms with van der Waals surface area (Å²) in [6, 6.07) is 7.92. The molecule has 1 aromatic rings. The van der Waals surface area contributed by atoms with Gasteiger partial charge in [-0.2, -0.15) is 0 Å². The highest BCUT2D eigenvalue weighted by Crippen LogP contribution is 2.31. The molecule has 1 fully saturated rings. The zero-order valence-corrected chi connectivity index (χ0v) is 19.6. The number of primary amides is 1. The zero-order chi connectivity index (χ0) is 20.6. The predicted molar refractivity (Wildman–Crippen MR) is 127 cm³/mol. The number of fused-ring (bicyclic) bond motifs is 1. The first-order valence-corrected chi connectivity index (χ1v) is 10.1. The van der Waals surface area contributed by atoms with Crippen LogP contribution in [-0.2, 0) is 9.59 Å². The van der Waals surface area contributed by atoms with Crippen molar-refractivity contribution in [2.24, 2.45) is 10.7 Å². The highest BCUT2D eigenvalue weighted by atomic mass is 127. The summed E-state index contributed by atoms with van der Waals surface area (Å²) in [6.07, 6.45) is 2.66. The summed E-state index contributed by atoms with van der Waals surface area (Å²) in [5.41, 5.74) is 6.09. The minimum Gasteiger partial charge on any atom is -0.482 e. The van der Waals surface area contributed by atoms with Gasteiger partial charge in [0.05, 0.1) is 12.2 Å². The molecule has 4 N–H and O–H groups in total. The molecule has 10 heteroatoms. The molecule has 1 aromatic carbocycles. The summed E-state index contributed by atoms with van der Waals surface area (Å²) in [5, 5.41) is 6.76. The van der Waals surface area contributed by atoms with Crippen LogP contribution in [-0.4, -0.2) is 75.1 Å². The quantitative estimate of drug-likeness (QED) is 0.205. The maximum Gasteiger partial charge on any atom is 0.265 e. The number of ether oxygens (including phenoxy) is 1. The van der Waals surface area contributed by atoms with Gasteiger partial charge in [0.15, 0.2) is 12.6 Å². The first kappa shape index (κ1) is 24.2. The number of likely N-dealkylation sites (tertiary alicyclic amines) is 1. The lowest BCUT2D eigenvalue weighted by Gasteiger charge is -2.32. The SMILES string of the molecule is CN=C(NCCCN1C(=O)COc2ccccc21)NC1CCN(CC(N)=O)CC1.I. The lowest BCUT2D eigenvalue weighted by atomic mass is 10.1. The van der Waals surface area contributed by atoms with Crippen LogP contribution in [0.5, 0.6) is 5.75 Å². The molecule has 2 amide bonds. The van der Waals surface area contributed by atoms with Gasteiger partial charge in [-0.3, -0.25) is 19.5 Å². The number of benzene rings is 1. The van der Waals surface area contributed by atoms with Crippen LogP contribution >= 0.6 is 24.0 Å². The summed E-state index contributed by atoms with van der Waals surface area (Å²) in [5.74, 6) is 1.21. The Hall–Kier alpha value is -2.08. The number of guanidine groups is 1. The molecule has 0 spiro atoms. The number of amides is 2. The van der Waals surface area contributed by atoms with Crippen molar-refractivity contribution < 1.29 is 14.3 Å². The van der Waals surface area contributed by atoms with E-state index in [2.05, 4.69) is 20.5 Å². The summed E-state index contributed by atoms with van der Waals surface area (Å²) in [6.45, 7) is 3.42. The third-order valence-corrected chi connectivity index (χ3v) is 5.19. The molecule has 0 radical (unpaired) electrons. The number of carbonyl (C=O) groups excluding carboxylic acids is 2. The van der Waals surface area contributed by atoms with Gasteiger partial charge in [-0.1, -0.05) is 12.1 Å². The first-order valence-electron chi connectivity index (χ1n) is 10.1. The number of rotatable bonds is 7. The van der Waals surface area contributed by atoms with E-state index in [-0.39, 0.29) is 42.4 Å². The maximum absolute atomic E-state index is 12.2. The van der Waals surface area contributed by atoms with Crippen molar-refractivity contribution in [2.45, 2.75) is 25.3 Å². The van der Waals surface area contributed by atoms with Gasteiger partial charge < -0.3 is 26.0 Å². The average molecular weight is 530 g/mol. The predicted octanol–water partition coefficient (Wildman–Crippen LogP) is 0.535. The van der Waals surface area contributed by atoms with Gasteiger partial charge in [-0.15, -0.1) is 24.0 Å². The molecule has 3 rings (SSSR count). The Bertz CT molecular complexity index is 752. The summed E-state index contributed by atoms with van der Waals surface area (Å²) in [7, 11) is 1.75. The Labute approximate surface area is 194 Å².